The molecule has 2 aromatic carbocycles. The van der Waals surface area contributed by atoms with Crippen LogP contribution in [0.15, 0.2) is 48.5 Å². The standard InChI is InChI=1S/C20H22N2O5/c1-3-18(23)14-4-10-17(11-5-14)27-13-20(25)22-16-8-6-15(7-9-16)21-19(24)12-26-2/h4-11H,3,12-13H2,1-2H3,(H,21,24)(H,22,25). The number of amides is 2. The Hall–Kier alpha value is -3.19. The number of anilines is 2. The zero-order valence-corrected chi connectivity index (χ0v) is 15.3. The highest BCUT2D eigenvalue weighted by Gasteiger charge is 2.07. The fourth-order valence-electron chi connectivity index (χ4n) is 2.25. The molecule has 2 rings (SSSR count). The van der Waals surface area contributed by atoms with E-state index >= 15 is 0 Å². The molecule has 0 atom stereocenters. The average molecular weight is 370 g/mol. The number of methoxy groups -OCH3 is 1. The van der Waals surface area contributed by atoms with Crippen LogP contribution in [-0.2, 0) is 14.3 Å². The summed E-state index contributed by atoms with van der Waals surface area (Å²) in [5.41, 5.74) is 1.80. The third kappa shape index (κ3) is 6.56. The number of carbonyl (C=O) groups is 3. The number of ether oxygens (including phenoxy) is 2. The molecule has 0 aliphatic rings. The Bertz CT molecular complexity index is 785. The normalized spacial score (nSPS) is 10.1. The van der Waals surface area contributed by atoms with Crippen LogP contribution in [0.3, 0.4) is 0 Å². The molecule has 0 fully saturated rings. The SMILES string of the molecule is CCC(=O)c1ccc(OCC(=O)Nc2ccc(NC(=O)COC)cc2)cc1. The van der Waals surface area contributed by atoms with Gasteiger partial charge in [0.2, 0.25) is 5.91 Å². The van der Waals surface area contributed by atoms with Gasteiger partial charge in [-0.1, -0.05) is 6.92 Å². The monoisotopic (exact) mass is 370 g/mol. The van der Waals surface area contributed by atoms with Gasteiger partial charge in [0, 0.05) is 30.5 Å². The Morgan fingerprint density at radius 2 is 1.33 bits per heavy atom. The first-order valence-electron chi connectivity index (χ1n) is 8.46. The van der Waals surface area contributed by atoms with Crippen LogP contribution in [-0.4, -0.2) is 37.9 Å². The van der Waals surface area contributed by atoms with Crippen molar-refractivity contribution in [2.75, 3.05) is 31.0 Å². The average Bonchev–Trinajstić information content (AvgIpc) is 2.68. The van der Waals surface area contributed by atoms with Crippen LogP contribution in [0.4, 0.5) is 11.4 Å². The molecule has 0 spiro atoms. The maximum atomic E-state index is 12.0. The number of nitrogens with one attached hydrogen (secondary N) is 2. The van der Waals surface area contributed by atoms with Crippen molar-refractivity contribution in [1.29, 1.82) is 0 Å². The Kier molecular flexibility index (Phi) is 7.51. The summed E-state index contributed by atoms with van der Waals surface area (Å²) in [6, 6.07) is 13.4. The molecule has 0 unspecified atom stereocenters. The van der Waals surface area contributed by atoms with E-state index < -0.39 is 0 Å². The summed E-state index contributed by atoms with van der Waals surface area (Å²) in [6.45, 7) is 1.62. The van der Waals surface area contributed by atoms with Gasteiger partial charge in [-0.05, 0) is 48.5 Å². The number of hydrogen-bond acceptors (Lipinski definition) is 5. The van der Waals surface area contributed by atoms with E-state index in [1.54, 1.807) is 55.5 Å². The van der Waals surface area contributed by atoms with E-state index in [9.17, 15) is 14.4 Å². The molecule has 0 radical (unpaired) electrons. The third-order valence-corrected chi connectivity index (χ3v) is 3.60. The Morgan fingerprint density at radius 3 is 1.81 bits per heavy atom. The summed E-state index contributed by atoms with van der Waals surface area (Å²) < 4.78 is 10.2. The van der Waals surface area contributed by atoms with Crippen molar-refractivity contribution >= 4 is 29.0 Å². The van der Waals surface area contributed by atoms with Gasteiger partial charge in [-0.15, -0.1) is 0 Å². The van der Waals surface area contributed by atoms with E-state index in [0.29, 0.717) is 29.1 Å². The lowest BCUT2D eigenvalue weighted by Gasteiger charge is -2.09. The molecule has 0 aromatic heterocycles. The Balaban J connectivity index is 1.81. The van der Waals surface area contributed by atoms with E-state index in [-0.39, 0.29) is 30.8 Å². The predicted octanol–water partition coefficient (Wildman–Crippen LogP) is 2.88. The van der Waals surface area contributed by atoms with Crippen molar-refractivity contribution in [3.63, 3.8) is 0 Å². The Morgan fingerprint density at radius 1 is 0.815 bits per heavy atom. The van der Waals surface area contributed by atoms with E-state index in [2.05, 4.69) is 10.6 Å². The van der Waals surface area contributed by atoms with Crippen LogP contribution in [0, 0.1) is 0 Å². The number of rotatable bonds is 9. The lowest BCUT2D eigenvalue weighted by atomic mass is 10.1. The molecule has 0 saturated heterocycles. The maximum absolute atomic E-state index is 12.0. The van der Waals surface area contributed by atoms with Crippen LogP contribution in [0.1, 0.15) is 23.7 Å². The first-order chi connectivity index (χ1) is 13.0. The molecule has 0 bridgehead atoms. The summed E-state index contributed by atoms with van der Waals surface area (Å²) in [5, 5.41) is 5.36. The van der Waals surface area contributed by atoms with E-state index in [1.807, 2.05) is 0 Å². The van der Waals surface area contributed by atoms with Gasteiger partial charge in [0.1, 0.15) is 12.4 Å². The smallest absolute Gasteiger partial charge is 0.262 e. The number of hydrogen-bond donors (Lipinski definition) is 2. The lowest BCUT2D eigenvalue weighted by molar-refractivity contribution is -0.120. The van der Waals surface area contributed by atoms with Gasteiger partial charge < -0.3 is 20.1 Å². The van der Waals surface area contributed by atoms with Gasteiger partial charge >= 0.3 is 0 Å². The number of Topliss-reactive ketones (excluding diaryl/α,β-unsaturated/α-hetero) is 1. The minimum atomic E-state index is -0.320. The fourth-order valence-corrected chi connectivity index (χ4v) is 2.25. The highest BCUT2D eigenvalue weighted by molar-refractivity contribution is 5.96. The summed E-state index contributed by atoms with van der Waals surface area (Å²) in [7, 11) is 1.44. The van der Waals surface area contributed by atoms with E-state index in [4.69, 9.17) is 9.47 Å². The largest absolute Gasteiger partial charge is 0.484 e. The number of ketones is 1. The number of carbonyl (C=O) groups excluding carboxylic acids is 3. The molecule has 27 heavy (non-hydrogen) atoms. The van der Waals surface area contributed by atoms with Crippen molar-refractivity contribution in [2.24, 2.45) is 0 Å². The molecular weight excluding hydrogens is 348 g/mol. The minimum Gasteiger partial charge on any atom is -0.484 e. The van der Waals surface area contributed by atoms with Crippen molar-refractivity contribution < 1.29 is 23.9 Å². The second-order valence-corrected chi connectivity index (χ2v) is 5.70. The topological polar surface area (TPSA) is 93.7 Å². The molecule has 7 nitrogen and oxygen atoms in total. The maximum Gasteiger partial charge on any atom is 0.262 e. The van der Waals surface area contributed by atoms with Gasteiger partial charge in [0.25, 0.3) is 5.91 Å². The number of benzene rings is 2. The van der Waals surface area contributed by atoms with Crippen LogP contribution in [0.2, 0.25) is 0 Å². The second-order valence-electron chi connectivity index (χ2n) is 5.70. The first kappa shape index (κ1) is 20.1. The van der Waals surface area contributed by atoms with Gasteiger partial charge in [-0.3, -0.25) is 14.4 Å². The van der Waals surface area contributed by atoms with Crippen LogP contribution in [0.25, 0.3) is 0 Å². The molecule has 0 aliphatic carbocycles. The Labute approximate surface area is 157 Å². The molecular formula is C20H22N2O5. The van der Waals surface area contributed by atoms with Crippen molar-refractivity contribution in [1.82, 2.24) is 0 Å². The highest BCUT2D eigenvalue weighted by Crippen LogP contribution is 2.15. The molecule has 0 aliphatic heterocycles. The molecule has 2 amide bonds. The summed E-state index contributed by atoms with van der Waals surface area (Å²) in [4.78, 5) is 35.0. The summed E-state index contributed by atoms with van der Waals surface area (Å²) in [5.74, 6) is -0.00984. The molecule has 2 aromatic rings. The van der Waals surface area contributed by atoms with Crippen molar-refractivity contribution in [3.8, 4) is 5.75 Å². The molecule has 0 saturated carbocycles. The first-order valence-corrected chi connectivity index (χ1v) is 8.46. The fraction of sp³-hybridized carbons (Fsp3) is 0.250. The van der Waals surface area contributed by atoms with Crippen LogP contribution < -0.4 is 15.4 Å². The minimum absolute atomic E-state index is 0.0244. The summed E-state index contributed by atoms with van der Waals surface area (Å²) in [6.07, 6.45) is 0.442. The van der Waals surface area contributed by atoms with Crippen LogP contribution >= 0.6 is 0 Å². The van der Waals surface area contributed by atoms with Gasteiger partial charge in [-0.2, -0.15) is 0 Å². The van der Waals surface area contributed by atoms with Gasteiger partial charge in [0.15, 0.2) is 12.4 Å². The predicted molar refractivity (Wildman–Crippen MR) is 102 cm³/mol. The molecule has 142 valence electrons. The molecule has 7 heteroatoms. The molecule has 2 N–H and O–H groups in total. The zero-order valence-electron chi connectivity index (χ0n) is 15.3. The quantitative estimate of drug-likeness (QED) is 0.662. The van der Waals surface area contributed by atoms with Crippen molar-refractivity contribution in [2.45, 2.75) is 13.3 Å². The van der Waals surface area contributed by atoms with E-state index in [0.717, 1.165) is 0 Å². The third-order valence-electron chi connectivity index (χ3n) is 3.60. The van der Waals surface area contributed by atoms with Crippen LogP contribution in [0.5, 0.6) is 5.75 Å². The van der Waals surface area contributed by atoms with Gasteiger partial charge in [0.05, 0.1) is 0 Å². The second kappa shape index (κ2) is 10.1. The van der Waals surface area contributed by atoms with E-state index in [1.165, 1.54) is 7.11 Å². The highest BCUT2D eigenvalue weighted by atomic mass is 16.5. The van der Waals surface area contributed by atoms with Gasteiger partial charge in [-0.25, -0.2) is 0 Å². The lowest BCUT2D eigenvalue weighted by Crippen LogP contribution is -2.20. The van der Waals surface area contributed by atoms with Crippen molar-refractivity contribution in [3.05, 3.63) is 54.1 Å². The molecule has 0 heterocycles. The summed E-state index contributed by atoms with van der Waals surface area (Å²) >= 11 is 0. The zero-order chi connectivity index (χ0) is 19.6.